The zero-order valence-corrected chi connectivity index (χ0v) is 18.7. The van der Waals surface area contributed by atoms with E-state index in [4.69, 9.17) is 13.8 Å². The number of carbonyl (C=O) groups is 1. The van der Waals surface area contributed by atoms with Crippen LogP contribution in [0.2, 0.25) is 0 Å². The van der Waals surface area contributed by atoms with Gasteiger partial charge in [-0.05, 0) is 31.6 Å². The summed E-state index contributed by atoms with van der Waals surface area (Å²) < 4.78 is 27.5. The molecule has 0 bridgehead atoms. The Labute approximate surface area is 159 Å². The zero-order valence-electron chi connectivity index (χ0n) is 17.8. The number of ether oxygens (including phenoxy) is 1. The summed E-state index contributed by atoms with van der Waals surface area (Å²) >= 11 is 0. The van der Waals surface area contributed by atoms with Crippen molar-refractivity contribution in [3.8, 4) is 0 Å². The Bertz CT molecular complexity index is 477. The zero-order chi connectivity index (χ0) is 20.6. The Hall–Kier alpha value is -0.460. The van der Waals surface area contributed by atoms with Crippen LogP contribution in [-0.2, 0) is 23.1 Å². The number of hydrogen-bond acceptors (Lipinski definition) is 5. The maximum Gasteiger partial charge on any atom is 0.472 e. The van der Waals surface area contributed by atoms with Crippen LogP contribution in [0.25, 0.3) is 0 Å². The molecular weight excluding hydrogens is 357 g/mol. The van der Waals surface area contributed by atoms with Crippen LogP contribution in [-0.4, -0.2) is 62.9 Å². The number of phosphoric acid groups is 1. The van der Waals surface area contributed by atoms with E-state index in [0.717, 1.165) is 6.42 Å². The Kier molecular flexibility index (Phi) is 10.6. The molecule has 0 heterocycles. The van der Waals surface area contributed by atoms with Gasteiger partial charge in [0.25, 0.3) is 0 Å². The van der Waals surface area contributed by atoms with E-state index < -0.39 is 13.2 Å². The average Bonchev–Trinajstić information content (AvgIpc) is 2.49. The second kappa shape index (κ2) is 10.8. The summed E-state index contributed by atoms with van der Waals surface area (Å²) in [6.07, 6.45) is 1.42. The Morgan fingerprint density at radius 2 is 1.65 bits per heavy atom. The summed E-state index contributed by atoms with van der Waals surface area (Å²) in [5.41, 5.74) is -0.562. The number of rotatable bonds is 13. The molecule has 0 saturated carbocycles. The van der Waals surface area contributed by atoms with Gasteiger partial charge in [0.1, 0.15) is 19.8 Å². The van der Waals surface area contributed by atoms with Crippen molar-refractivity contribution in [2.24, 2.45) is 17.3 Å². The molecule has 0 fully saturated rings. The predicted molar refractivity (Wildman–Crippen MR) is 103 cm³/mol. The second-order valence-corrected chi connectivity index (χ2v) is 10.1. The molecule has 0 aliphatic carbocycles. The highest BCUT2D eigenvalue weighted by molar-refractivity contribution is 7.47. The smallest absolute Gasteiger partial charge is 0.463 e. The fourth-order valence-corrected chi connectivity index (χ4v) is 2.94. The monoisotopic (exact) mass is 396 g/mol. The minimum atomic E-state index is -4.12. The third kappa shape index (κ3) is 10.6. The van der Waals surface area contributed by atoms with Crippen molar-refractivity contribution in [3.05, 3.63) is 0 Å². The standard InChI is InChI=1S/C18H38NO6P/c1-9-18(5,14-16(4)15(2)3)17(20)23-12-13-25-26(21,22)24-11-10-19(6,7)8/h15-16H,9-14H2,1-8H3/p+1. The van der Waals surface area contributed by atoms with Gasteiger partial charge in [0, 0.05) is 0 Å². The molecule has 26 heavy (non-hydrogen) atoms. The summed E-state index contributed by atoms with van der Waals surface area (Å²) in [6.45, 7) is 10.7. The fourth-order valence-electron chi connectivity index (χ4n) is 2.25. The lowest BCUT2D eigenvalue weighted by atomic mass is 9.76. The van der Waals surface area contributed by atoms with Gasteiger partial charge in [-0.2, -0.15) is 0 Å². The molecule has 1 N–H and O–H groups in total. The van der Waals surface area contributed by atoms with Crippen molar-refractivity contribution >= 4 is 13.8 Å². The maximum absolute atomic E-state index is 12.4. The van der Waals surface area contributed by atoms with Crippen LogP contribution in [0, 0.1) is 17.3 Å². The van der Waals surface area contributed by atoms with Crippen LogP contribution in [0.3, 0.4) is 0 Å². The molecule has 0 aromatic carbocycles. The first-order valence-corrected chi connectivity index (χ1v) is 10.8. The molecule has 8 heteroatoms. The SMILES string of the molecule is CCC(C)(CC(C)C(C)C)C(=O)OCCOP(=O)(O)OCC[N+](C)(C)C. The molecule has 3 atom stereocenters. The van der Waals surface area contributed by atoms with Gasteiger partial charge in [-0.3, -0.25) is 13.8 Å². The third-order valence-corrected chi connectivity index (χ3v) is 5.79. The fraction of sp³-hybridized carbons (Fsp3) is 0.944. The quantitative estimate of drug-likeness (QED) is 0.222. The first-order chi connectivity index (χ1) is 11.7. The van der Waals surface area contributed by atoms with E-state index >= 15 is 0 Å². The lowest BCUT2D eigenvalue weighted by Crippen LogP contribution is -2.37. The van der Waals surface area contributed by atoms with Gasteiger partial charge >= 0.3 is 13.8 Å². The minimum Gasteiger partial charge on any atom is -0.463 e. The van der Waals surface area contributed by atoms with E-state index in [1.54, 1.807) is 0 Å². The van der Waals surface area contributed by atoms with E-state index in [2.05, 4.69) is 20.8 Å². The second-order valence-electron chi connectivity index (χ2n) is 8.62. The normalized spacial score (nSPS) is 18.2. The highest BCUT2D eigenvalue weighted by Crippen LogP contribution is 2.43. The average molecular weight is 396 g/mol. The molecule has 3 unspecified atom stereocenters. The van der Waals surface area contributed by atoms with Gasteiger partial charge < -0.3 is 14.1 Å². The van der Waals surface area contributed by atoms with Gasteiger partial charge in [0.15, 0.2) is 0 Å². The molecule has 0 amide bonds. The van der Waals surface area contributed by atoms with Gasteiger partial charge in [-0.1, -0.05) is 27.7 Å². The van der Waals surface area contributed by atoms with Gasteiger partial charge in [0.2, 0.25) is 0 Å². The number of phosphoric ester groups is 1. The van der Waals surface area contributed by atoms with Gasteiger partial charge in [-0.25, -0.2) is 4.57 Å². The van der Waals surface area contributed by atoms with Crippen molar-refractivity contribution in [2.45, 2.75) is 47.5 Å². The van der Waals surface area contributed by atoms with E-state index in [-0.39, 0.29) is 25.8 Å². The Balaban J connectivity index is 4.32. The first-order valence-electron chi connectivity index (χ1n) is 9.32. The molecule has 0 aliphatic rings. The summed E-state index contributed by atoms with van der Waals surface area (Å²) in [5.74, 6) is 0.590. The van der Waals surface area contributed by atoms with E-state index in [1.165, 1.54) is 0 Å². The molecule has 156 valence electrons. The molecule has 0 rings (SSSR count). The lowest BCUT2D eigenvalue weighted by Gasteiger charge is -2.30. The van der Waals surface area contributed by atoms with Crippen molar-refractivity contribution in [2.75, 3.05) is 47.5 Å². The van der Waals surface area contributed by atoms with Crippen LogP contribution in [0.4, 0.5) is 0 Å². The number of likely N-dealkylation sites (N-methyl/N-ethyl adjacent to an activating group) is 1. The van der Waals surface area contributed by atoms with Crippen molar-refractivity contribution in [1.29, 1.82) is 0 Å². The third-order valence-electron chi connectivity index (χ3n) is 4.77. The molecule has 0 aliphatic heterocycles. The van der Waals surface area contributed by atoms with E-state index in [0.29, 0.717) is 29.3 Å². The molecule has 0 aromatic rings. The molecule has 0 aromatic heterocycles. The minimum absolute atomic E-state index is 0.0757. The van der Waals surface area contributed by atoms with Crippen LogP contribution >= 0.6 is 7.82 Å². The molecular formula is C18H39NO6P+. The molecule has 0 saturated heterocycles. The summed E-state index contributed by atoms with van der Waals surface area (Å²) in [4.78, 5) is 22.0. The van der Waals surface area contributed by atoms with Crippen molar-refractivity contribution in [3.63, 3.8) is 0 Å². The van der Waals surface area contributed by atoms with Crippen LogP contribution in [0.15, 0.2) is 0 Å². The van der Waals surface area contributed by atoms with Crippen LogP contribution in [0.1, 0.15) is 47.5 Å². The van der Waals surface area contributed by atoms with E-state index in [9.17, 15) is 14.3 Å². The maximum atomic E-state index is 12.4. The molecule has 0 radical (unpaired) electrons. The van der Waals surface area contributed by atoms with Gasteiger partial charge in [-0.15, -0.1) is 0 Å². The first kappa shape index (κ1) is 25.5. The molecule has 0 spiro atoms. The lowest BCUT2D eigenvalue weighted by molar-refractivity contribution is -0.870. The largest absolute Gasteiger partial charge is 0.472 e. The van der Waals surface area contributed by atoms with Gasteiger partial charge in [0.05, 0.1) is 33.2 Å². The summed E-state index contributed by atoms with van der Waals surface area (Å²) in [6, 6.07) is 0. The highest BCUT2D eigenvalue weighted by atomic mass is 31.2. The predicted octanol–water partition coefficient (Wildman–Crippen LogP) is 3.47. The number of hydrogen-bond donors (Lipinski definition) is 1. The van der Waals surface area contributed by atoms with Crippen LogP contribution < -0.4 is 0 Å². The van der Waals surface area contributed by atoms with Crippen LogP contribution in [0.5, 0.6) is 0 Å². The van der Waals surface area contributed by atoms with Crippen molar-refractivity contribution < 1.29 is 32.5 Å². The number of quaternary nitrogens is 1. The summed E-state index contributed by atoms with van der Waals surface area (Å²) in [5, 5.41) is 0. The number of carbonyl (C=O) groups excluding carboxylic acids is 1. The van der Waals surface area contributed by atoms with E-state index in [1.807, 2.05) is 35.0 Å². The number of nitrogens with zero attached hydrogens (tertiary/aromatic N) is 1. The molecule has 7 nitrogen and oxygen atoms in total. The Morgan fingerprint density at radius 1 is 1.12 bits per heavy atom. The van der Waals surface area contributed by atoms with Crippen molar-refractivity contribution in [1.82, 2.24) is 0 Å². The Morgan fingerprint density at radius 3 is 2.12 bits per heavy atom. The topological polar surface area (TPSA) is 82.1 Å². The summed E-state index contributed by atoms with van der Waals surface area (Å²) in [7, 11) is 1.74. The number of esters is 1. The highest BCUT2D eigenvalue weighted by Gasteiger charge is 2.35.